The van der Waals surface area contributed by atoms with Crippen LogP contribution >= 0.6 is 0 Å². The van der Waals surface area contributed by atoms with Gasteiger partial charge in [0.15, 0.2) is 0 Å². The maximum absolute atomic E-state index is 11.8. The van der Waals surface area contributed by atoms with E-state index in [9.17, 15) is 14.4 Å². The molecule has 0 aliphatic carbocycles. The van der Waals surface area contributed by atoms with Gasteiger partial charge in [0.25, 0.3) is 0 Å². The third-order valence-electron chi connectivity index (χ3n) is 3.47. The van der Waals surface area contributed by atoms with Crippen molar-refractivity contribution >= 4 is 17.7 Å². The molecular weight excluding hydrogens is 274 g/mol. The van der Waals surface area contributed by atoms with Crippen molar-refractivity contribution in [3.63, 3.8) is 0 Å². The maximum atomic E-state index is 11.8. The van der Waals surface area contributed by atoms with Gasteiger partial charge in [-0.25, -0.2) is 0 Å². The summed E-state index contributed by atoms with van der Waals surface area (Å²) in [6, 6.07) is 0.151. The van der Waals surface area contributed by atoms with Crippen molar-refractivity contribution in [3.05, 3.63) is 0 Å². The SMILES string of the molecule is CC(C)N(CCCO)CC(=O)NC(=O)CN1CCCC1=O. The molecule has 0 aromatic rings. The van der Waals surface area contributed by atoms with E-state index in [0.29, 0.717) is 25.9 Å². The van der Waals surface area contributed by atoms with Crippen LogP contribution in [0, 0.1) is 0 Å². The van der Waals surface area contributed by atoms with Crippen LogP contribution in [0.4, 0.5) is 0 Å². The fourth-order valence-corrected chi connectivity index (χ4v) is 2.26. The molecule has 1 aliphatic heterocycles. The molecule has 0 spiro atoms. The summed E-state index contributed by atoms with van der Waals surface area (Å²) in [4.78, 5) is 38.3. The van der Waals surface area contributed by atoms with E-state index in [4.69, 9.17) is 5.11 Å². The second-order valence-electron chi connectivity index (χ2n) is 5.53. The molecule has 1 saturated heterocycles. The van der Waals surface area contributed by atoms with E-state index in [-0.39, 0.29) is 37.6 Å². The Morgan fingerprint density at radius 2 is 2.10 bits per heavy atom. The van der Waals surface area contributed by atoms with Crippen LogP contribution in [0.5, 0.6) is 0 Å². The van der Waals surface area contributed by atoms with E-state index in [1.54, 1.807) is 0 Å². The van der Waals surface area contributed by atoms with Gasteiger partial charge >= 0.3 is 0 Å². The number of aliphatic hydroxyl groups excluding tert-OH is 1. The average Bonchev–Trinajstić information content (AvgIpc) is 2.79. The number of amides is 3. The van der Waals surface area contributed by atoms with Crippen LogP contribution in [-0.2, 0) is 14.4 Å². The number of aliphatic hydroxyl groups is 1. The lowest BCUT2D eigenvalue weighted by atomic mass is 10.3. The monoisotopic (exact) mass is 299 g/mol. The Morgan fingerprint density at radius 1 is 1.38 bits per heavy atom. The molecule has 1 heterocycles. The number of hydrogen-bond donors (Lipinski definition) is 2. The molecule has 0 aromatic carbocycles. The molecule has 2 N–H and O–H groups in total. The largest absolute Gasteiger partial charge is 0.396 e. The fraction of sp³-hybridized carbons (Fsp3) is 0.786. The molecule has 0 saturated carbocycles. The minimum absolute atomic E-state index is 0.0376. The minimum atomic E-state index is -0.443. The number of carbonyl (C=O) groups is 3. The van der Waals surface area contributed by atoms with Gasteiger partial charge in [-0.2, -0.15) is 0 Å². The quantitative estimate of drug-likeness (QED) is 0.621. The summed E-state index contributed by atoms with van der Waals surface area (Å²) < 4.78 is 0. The van der Waals surface area contributed by atoms with Gasteiger partial charge in [-0.15, -0.1) is 0 Å². The molecule has 0 atom stereocenters. The van der Waals surface area contributed by atoms with Crippen molar-refractivity contribution in [1.82, 2.24) is 15.1 Å². The van der Waals surface area contributed by atoms with Crippen LogP contribution in [0.15, 0.2) is 0 Å². The van der Waals surface area contributed by atoms with Gasteiger partial charge < -0.3 is 10.0 Å². The number of imide groups is 1. The summed E-state index contributed by atoms with van der Waals surface area (Å²) in [5.74, 6) is -0.858. The number of nitrogens with zero attached hydrogens (tertiary/aromatic N) is 2. The second kappa shape index (κ2) is 8.74. The molecule has 1 rings (SSSR count). The third-order valence-corrected chi connectivity index (χ3v) is 3.47. The summed E-state index contributed by atoms with van der Waals surface area (Å²) in [5.41, 5.74) is 0. The molecule has 0 unspecified atom stereocenters. The van der Waals surface area contributed by atoms with Crippen LogP contribution in [-0.4, -0.2) is 71.5 Å². The Labute approximate surface area is 125 Å². The van der Waals surface area contributed by atoms with Crippen molar-refractivity contribution in [3.8, 4) is 0 Å². The zero-order valence-corrected chi connectivity index (χ0v) is 12.8. The van der Waals surface area contributed by atoms with Crippen LogP contribution in [0.3, 0.4) is 0 Å². The van der Waals surface area contributed by atoms with Gasteiger partial charge in [0.05, 0.1) is 13.1 Å². The summed E-state index contributed by atoms with van der Waals surface area (Å²) in [5, 5.41) is 11.2. The van der Waals surface area contributed by atoms with E-state index in [1.165, 1.54) is 4.90 Å². The van der Waals surface area contributed by atoms with E-state index in [2.05, 4.69) is 5.32 Å². The predicted octanol–water partition coefficient (Wildman–Crippen LogP) is -0.656. The molecule has 0 bridgehead atoms. The molecular formula is C14H25N3O4. The van der Waals surface area contributed by atoms with Crippen molar-refractivity contribution < 1.29 is 19.5 Å². The highest BCUT2D eigenvalue weighted by atomic mass is 16.3. The van der Waals surface area contributed by atoms with Crippen molar-refractivity contribution in [2.75, 3.05) is 32.8 Å². The van der Waals surface area contributed by atoms with Gasteiger partial charge in [0.1, 0.15) is 0 Å². The van der Waals surface area contributed by atoms with Gasteiger partial charge in [0, 0.05) is 32.2 Å². The maximum Gasteiger partial charge on any atom is 0.246 e. The smallest absolute Gasteiger partial charge is 0.246 e. The van der Waals surface area contributed by atoms with Gasteiger partial charge in [0.2, 0.25) is 17.7 Å². The predicted molar refractivity (Wildman–Crippen MR) is 77.4 cm³/mol. The molecule has 0 aromatic heterocycles. The van der Waals surface area contributed by atoms with E-state index < -0.39 is 5.91 Å². The molecule has 1 aliphatic rings. The number of carbonyl (C=O) groups excluding carboxylic acids is 3. The van der Waals surface area contributed by atoms with Crippen molar-refractivity contribution in [2.45, 2.75) is 39.2 Å². The van der Waals surface area contributed by atoms with Crippen LogP contribution in [0.1, 0.15) is 33.1 Å². The molecule has 120 valence electrons. The topological polar surface area (TPSA) is 89.9 Å². The lowest BCUT2D eigenvalue weighted by Crippen LogP contribution is -2.46. The molecule has 0 radical (unpaired) electrons. The highest BCUT2D eigenvalue weighted by molar-refractivity contribution is 5.98. The number of likely N-dealkylation sites (tertiary alicyclic amines) is 1. The highest BCUT2D eigenvalue weighted by Gasteiger charge is 2.23. The first kappa shape index (κ1) is 17.6. The minimum Gasteiger partial charge on any atom is -0.396 e. The highest BCUT2D eigenvalue weighted by Crippen LogP contribution is 2.08. The van der Waals surface area contributed by atoms with Crippen molar-refractivity contribution in [2.24, 2.45) is 0 Å². The number of hydrogen-bond acceptors (Lipinski definition) is 5. The Kier molecular flexibility index (Phi) is 7.31. The summed E-state index contributed by atoms with van der Waals surface area (Å²) >= 11 is 0. The van der Waals surface area contributed by atoms with Gasteiger partial charge in [-0.1, -0.05) is 0 Å². The second-order valence-corrected chi connectivity index (χ2v) is 5.53. The van der Waals surface area contributed by atoms with E-state index >= 15 is 0 Å². The Hall–Kier alpha value is -1.47. The van der Waals surface area contributed by atoms with Crippen molar-refractivity contribution in [1.29, 1.82) is 0 Å². The Morgan fingerprint density at radius 3 is 2.62 bits per heavy atom. The van der Waals surface area contributed by atoms with Crippen LogP contribution in [0.25, 0.3) is 0 Å². The average molecular weight is 299 g/mol. The van der Waals surface area contributed by atoms with Gasteiger partial charge in [-0.05, 0) is 26.7 Å². The first-order chi connectivity index (χ1) is 9.93. The summed E-state index contributed by atoms with van der Waals surface area (Å²) in [6.45, 7) is 5.21. The molecule has 21 heavy (non-hydrogen) atoms. The molecule has 7 heteroatoms. The molecule has 1 fully saturated rings. The first-order valence-corrected chi connectivity index (χ1v) is 7.39. The Balaban J connectivity index is 2.36. The molecule has 3 amide bonds. The Bertz CT molecular complexity index is 384. The summed E-state index contributed by atoms with van der Waals surface area (Å²) in [7, 11) is 0. The normalized spacial score (nSPS) is 15.1. The standard InChI is InChI=1S/C14H25N3O4/c1-11(2)16(7-4-8-18)9-12(19)15-13(20)10-17-6-3-5-14(17)21/h11,18H,3-10H2,1-2H3,(H,15,19,20). The summed E-state index contributed by atoms with van der Waals surface area (Å²) in [6.07, 6.45) is 1.83. The third kappa shape index (κ3) is 6.22. The lowest BCUT2D eigenvalue weighted by Gasteiger charge is -2.25. The zero-order chi connectivity index (χ0) is 15.8. The molecule has 7 nitrogen and oxygen atoms in total. The fourth-order valence-electron chi connectivity index (χ4n) is 2.26. The van der Waals surface area contributed by atoms with E-state index in [0.717, 1.165) is 6.42 Å². The van der Waals surface area contributed by atoms with Gasteiger partial charge in [-0.3, -0.25) is 24.6 Å². The first-order valence-electron chi connectivity index (χ1n) is 7.39. The zero-order valence-electron chi connectivity index (χ0n) is 12.8. The lowest BCUT2D eigenvalue weighted by molar-refractivity contribution is -0.136. The van der Waals surface area contributed by atoms with E-state index in [1.807, 2.05) is 18.7 Å². The van der Waals surface area contributed by atoms with Crippen LogP contribution < -0.4 is 5.32 Å². The number of rotatable bonds is 8. The number of nitrogens with one attached hydrogen (secondary N) is 1. The van der Waals surface area contributed by atoms with Crippen LogP contribution in [0.2, 0.25) is 0 Å².